The van der Waals surface area contributed by atoms with Gasteiger partial charge in [0, 0.05) is 42.2 Å². The van der Waals surface area contributed by atoms with E-state index in [-0.39, 0.29) is 6.04 Å². The first-order valence-corrected chi connectivity index (χ1v) is 10.7. The number of alkyl halides is 2. The van der Waals surface area contributed by atoms with Gasteiger partial charge in [-0.05, 0) is 74.4 Å². The van der Waals surface area contributed by atoms with Gasteiger partial charge in [-0.3, -0.25) is 4.98 Å². The summed E-state index contributed by atoms with van der Waals surface area (Å²) in [6.45, 7) is 11.2. The molecule has 2 N–H and O–H groups in total. The van der Waals surface area contributed by atoms with E-state index in [9.17, 15) is 8.78 Å². The molecule has 0 saturated heterocycles. The molecule has 1 aromatic heterocycles. The van der Waals surface area contributed by atoms with E-state index in [0.717, 1.165) is 48.0 Å². The maximum Gasteiger partial charge on any atom is 0.278 e. The Bertz CT molecular complexity index is 888. The van der Waals surface area contributed by atoms with Crippen LogP contribution in [0.2, 0.25) is 0 Å². The van der Waals surface area contributed by atoms with Crippen molar-refractivity contribution in [2.45, 2.75) is 72.3 Å². The van der Waals surface area contributed by atoms with Gasteiger partial charge < -0.3 is 15.4 Å². The van der Waals surface area contributed by atoms with E-state index in [2.05, 4.69) is 48.5 Å². The molecule has 0 bridgehead atoms. The van der Waals surface area contributed by atoms with Crippen molar-refractivity contribution in [1.29, 1.82) is 0 Å². The Morgan fingerprint density at radius 1 is 1.23 bits per heavy atom. The Hall–Kier alpha value is -2.37. The maximum atomic E-state index is 13.1. The van der Waals surface area contributed by atoms with Gasteiger partial charge in [-0.2, -0.15) is 0 Å². The molecular formula is C24H33F2N3O. The van der Waals surface area contributed by atoms with Crippen molar-refractivity contribution in [1.82, 2.24) is 15.6 Å². The molecular weight excluding hydrogens is 384 g/mol. The second kappa shape index (κ2) is 8.78. The van der Waals surface area contributed by atoms with E-state index >= 15 is 0 Å². The number of nitrogens with zero attached hydrogens (tertiary/aromatic N) is 1. The van der Waals surface area contributed by atoms with Crippen molar-refractivity contribution < 1.29 is 13.5 Å². The first-order chi connectivity index (χ1) is 14.0. The number of halogens is 2. The zero-order valence-electron chi connectivity index (χ0n) is 18.8. The van der Waals surface area contributed by atoms with Gasteiger partial charge in [-0.1, -0.05) is 13.8 Å². The van der Waals surface area contributed by atoms with Crippen LogP contribution in [0.5, 0.6) is 0 Å². The summed E-state index contributed by atoms with van der Waals surface area (Å²) in [6, 6.07) is 4.45. The number of rotatable bonds is 8. The van der Waals surface area contributed by atoms with E-state index in [1.807, 2.05) is 19.9 Å². The number of pyridine rings is 1. The summed E-state index contributed by atoms with van der Waals surface area (Å²) in [6.07, 6.45) is 4.22. The standard InChI is InChI=1S/C24H33F2N3O/c1-14(2)21-11-19(10-16(4)28-21)17(5)29-22(18-7-8-18)20-9-15(3)23(27-12-20)30-13-24(6,25)26/h9-11,14,17,27,29H,7-8,12-13H2,1-6H3. The van der Waals surface area contributed by atoms with Gasteiger partial charge in [-0.15, -0.1) is 0 Å². The predicted molar refractivity (Wildman–Crippen MR) is 116 cm³/mol. The summed E-state index contributed by atoms with van der Waals surface area (Å²) in [5, 5.41) is 6.88. The number of nitrogens with one attached hydrogen (secondary N) is 2. The summed E-state index contributed by atoms with van der Waals surface area (Å²) in [5.41, 5.74) is 7.88. The molecule has 2 aliphatic rings. The fourth-order valence-corrected chi connectivity index (χ4v) is 3.52. The highest BCUT2D eigenvalue weighted by atomic mass is 19.3. The number of ether oxygens (including phenoxy) is 1. The number of hydrogen-bond acceptors (Lipinski definition) is 4. The summed E-state index contributed by atoms with van der Waals surface area (Å²) in [7, 11) is 0. The van der Waals surface area contributed by atoms with Gasteiger partial charge in [0.05, 0.1) is 0 Å². The Balaban J connectivity index is 1.78. The minimum Gasteiger partial charge on any atom is -0.473 e. The molecule has 1 atom stereocenters. The predicted octanol–water partition coefficient (Wildman–Crippen LogP) is 5.64. The molecule has 6 heteroatoms. The van der Waals surface area contributed by atoms with Gasteiger partial charge in [0.15, 0.2) is 12.5 Å². The van der Waals surface area contributed by atoms with Crippen molar-refractivity contribution in [2.24, 2.45) is 0 Å². The highest BCUT2D eigenvalue weighted by molar-refractivity contribution is 5.46. The zero-order valence-corrected chi connectivity index (χ0v) is 18.8. The molecule has 2 heterocycles. The van der Waals surface area contributed by atoms with Crippen LogP contribution in [-0.2, 0) is 4.74 Å². The van der Waals surface area contributed by atoms with Gasteiger partial charge >= 0.3 is 0 Å². The number of dihydropyridines is 1. The highest BCUT2D eigenvalue weighted by Crippen LogP contribution is 2.36. The second-order valence-electron chi connectivity index (χ2n) is 8.86. The van der Waals surface area contributed by atoms with Crippen LogP contribution in [0.3, 0.4) is 0 Å². The molecule has 0 aromatic carbocycles. The Kier molecular flexibility index (Phi) is 6.53. The molecule has 1 aromatic rings. The molecule has 1 aliphatic carbocycles. The van der Waals surface area contributed by atoms with Gasteiger partial charge in [0.2, 0.25) is 0 Å². The maximum absolute atomic E-state index is 13.1. The van der Waals surface area contributed by atoms with Gasteiger partial charge in [0.1, 0.15) is 0 Å². The number of allylic oxidation sites excluding steroid dienone is 3. The Morgan fingerprint density at radius 2 is 1.93 bits per heavy atom. The van der Waals surface area contributed by atoms with E-state index in [1.165, 1.54) is 11.1 Å². The molecule has 3 rings (SSSR count). The smallest absolute Gasteiger partial charge is 0.278 e. The highest BCUT2D eigenvalue weighted by Gasteiger charge is 2.26. The molecule has 0 radical (unpaired) electrons. The minimum atomic E-state index is -2.85. The lowest BCUT2D eigenvalue weighted by molar-refractivity contribution is -0.0473. The van der Waals surface area contributed by atoms with Crippen LogP contribution in [0.25, 0.3) is 0 Å². The monoisotopic (exact) mass is 417 g/mol. The third-order valence-electron chi connectivity index (χ3n) is 5.28. The molecule has 1 fully saturated rings. The van der Waals surface area contributed by atoms with E-state index in [1.54, 1.807) is 0 Å². The van der Waals surface area contributed by atoms with E-state index < -0.39 is 12.5 Å². The van der Waals surface area contributed by atoms with Gasteiger partial charge in [0.25, 0.3) is 5.92 Å². The lowest BCUT2D eigenvalue weighted by Crippen LogP contribution is -2.30. The molecule has 4 nitrogen and oxygen atoms in total. The van der Waals surface area contributed by atoms with Crippen LogP contribution in [0.15, 0.2) is 46.5 Å². The van der Waals surface area contributed by atoms with Crippen molar-refractivity contribution in [3.05, 3.63) is 63.5 Å². The molecule has 1 unspecified atom stereocenters. The summed E-state index contributed by atoms with van der Waals surface area (Å²) < 4.78 is 31.5. The lowest BCUT2D eigenvalue weighted by atomic mass is 10.0. The van der Waals surface area contributed by atoms with Crippen LogP contribution in [0, 0.1) is 6.92 Å². The van der Waals surface area contributed by atoms with Crippen LogP contribution in [0.4, 0.5) is 8.78 Å². The lowest BCUT2D eigenvalue weighted by Gasteiger charge is -2.26. The zero-order chi connectivity index (χ0) is 22.1. The summed E-state index contributed by atoms with van der Waals surface area (Å²) >= 11 is 0. The first kappa shape index (κ1) is 22.3. The topological polar surface area (TPSA) is 46.2 Å². The Morgan fingerprint density at radius 3 is 2.50 bits per heavy atom. The fourth-order valence-electron chi connectivity index (χ4n) is 3.52. The normalized spacial score (nSPS) is 17.5. The van der Waals surface area contributed by atoms with Crippen LogP contribution >= 0.6 is 0 Å². The number of aromatic nitrogens is 1. The molecule has 0 amide bonds. The largest absolute Gasteiger partial charge is 0.473 e. The SMILES string of the molecule is CC1=C(OCC(C)(F)F)NCC(C(NC(C)c2cc(C)nc(C(C)C)c2)=C2CC2)=C1. The minimum absolute atomic E-state index is 0.133. The average Bonchev–Trinajstić information content (AvgIpc) is 3.48. The first-order valence-electron chi connectivity index (χ1n) is 10.7. The van der Waals surface area contributed by atoms with E-state index in [4.69, 9.17) is 4.74 Å². The quantitative estimate of drug-likeness (QED) is 0.574. The Labute approximate surface area is 178 Å². The molecule has 1 aliphatic heterocycles. The van der Waals surface area contributed by atoms with Gasteiger partial charge in [-0.25, -0.2) is 8.78 Å². The second-order valence-corrected chi connectivity index (χ2v) is 8.86. The van der Waals surface area contributed by atoms with Crippen molar-refractivity contribution >= 4 is 0 Å². The van der Waals surface area contributed by atoms with Crippen LogP contribution < -0.4 is 10.6 Å². The molecule has 0 spiro atoms. The summed E-state index contributed by atoms with van der Waals surface area (Å²) in [5.74, 6) is -2.04. The third-order valence-corrected chi connectivity index (χ3v) is 5.28. The van der Waals surface area contributed by atoms with E-state index in [0.29, 0.717) is 18.3 Å². The van der Waals surface area contributed by atoms with Crippen molar-refractivity contribution in [3.63, 3.8) is 0 Å². The average molecular weight is 418 g/mol. The molecule has 164 valence electrons. The van der Waals surface area contributed by atoms with Crippen LogP contribution in [-0.4, -0.2) is 24.1 Å². The number of aryl methyl sites for hydroxylation is 1. The van der Waals surface area contributed by atoms with Crippen molar-refractivity contribution in [2.75, 3.05) is 13.2 Å². The summed E-state index contributed by atoms with van der Waals surface area (Å²) in [4.78, 5) is 4.65. The molecule has 30 heavy (non-hydrogen) atoms. The van der Waals surface area contributed by atoms with Crippen molar-refractivity contribution in [3.8, 4) is 0 Å². The fraction of sp³-hybridized carbons (Fsp3) is 0.542. The number of hydrogen-bond donors (Lipinski definition) is 2. The molecule has 1 saturated carbocycles. The third kappa shape index (κ3) is 5.83. The van der Waals surface area contributed by atoms with Crippen LogP contribution in [0.1, 0.15) is 76.4 Å².